The molecule has 0 N–H and O–H groups in total. The lowest BCUT2D eigenvalue weighted by molar-refractivity contribution is -0.126. The number of carbonyl (C=O) groups excluding carboxylic acids is 1. The molecule has 30 heavy (non-hydrogen) atoms. The number of fused-ring (bicyclic) bond motifs is 1. The van der Waals surface area contributed by atoms with Crippen molar-refractivity contribution in [2.24, 2.45) is 0 Å². The van der Waals surface area contributed by atoms with Crippen LogP contribution in [-0.4, -0.2) is 35.5 Å². The Morgan fingerprint density at radius 2 is 1.93 bits per heavy atom. The van der Waals surface area contributed by atoms with E-state index in [-0.39, 0.29) is 11.2 Å². The van der Waals surface area contributed by atoms with Crippen LogP contribution in [0.15, 0.2) is 53.1 Å². The van der Waals surface area contributed by atoms with E-state index < -0.39 is 0 Å². The molecule has 4 nitrogen and oxygen atoms in total. The fourth-order valence-corrected chi connectivity index (χ4v) is 4.72. The number of carbonyl (C=O) groups is 1. The number of piperidine rings is 1. The number of Topliss-reactive ketones (excluding diaryl/α,β-unsaturated/α-hetero) is 1. The second-order valence-corrected chi connectivity index (χ2v) is 8.34. The van der Waals surface area contributed by atoms with Crippen molar-refractivity contribution in [3.8, 4) is 0 Å². The minimum absolute atomic E-state index is 0.307. The predicted octanol–water partition coefficient (Wildman–Crippen LogP) is 5.30. The summed E-state index contributed by atoms with van der Waals surface area (Å²) in [7, 11) is 0. The van der Waals surface area contributed by atoms with Crippen LogP contribution < -0.4 is 0 Å². The molecule has 1 fully saturated rings. The zero-order chi connectivity index (χ0) is 21.0. The zero-order valence-electron chi connectivity index (χ0n) is 17.6. The predicted molar refractivity (Wildman–Crippen MR) is 116 cm³/mol. The second-order valence-electron chi connectivity index (χ2n) is 8.34. The lowest BCUT2D eigenvalue weighted by atomic mass is 9.68. The van der Waals surface area contributed by atoms with Crippen molar-refractivity contribution in [3.63, 3.8) is 0 Å². The Kier molecular flexibility index (Phi) is 6.28. The number of aromatic nitrogens is 1. The van der Waals surface area contributed by atoms with Gasteiger partial charge in [-0.15, -0.1) is 0 Å². The van der Waals surface area contributed by atoms with Crippen molar-refractivity contribution in [2.75, 3.05) is 19.6 Å². The summed E-state index contributed by atoms with van der Waals surface area (Å²) in [6, 6.07) is 14.9. The van der Waals surface area contributed by atoms with Crippen molar-refractivity contribution in [3.05, 3.63) is 65.6 Å². The van der Waals surface area contributed by atoms with Crippen LogP contribution in [0.4, 0.5) is 4.39 Å². The number of likely N-dealkylation sites (tertiary alicyclic amines) is 1. The van der Waals surface area contributed by atoms with Crippen LogP contribution in [0, 0.1) is 5.82 Å². The minimum atomic E-state index is -0.333. The van der Waals surface area contributed by atoms with Gasteiger partial charge in [0.2, 0.25) is 0 Å². The summed E-state index contributed by atoms with van der Waals surface area (Å²) >= 11 is 0. The largest absolute Gasteiger partial charge is 0.356 e. The lowest BCUT2D eigenvalue weighted by Crippen LogP contribution is -2.47. The Morgan fingerprint density at radius 3 is 2.67 bits per heavy atom. The van der Waals surface area contributed by atoms with Crippen molar-refractivity contribution < 1.29 is 13.7 Å². The molecule has 0 saturated carbocycles. The molecule has 0 atom stereocenters. The van der Waals surface area contributed by atoms with Crippen molar-refractivity contribution in [1.29, 1.82) is 0 Å². The summed E-state index contributed by atoms with van der Waals surface area (Å²) in [4.78, 5) is 15.5. The minimum Gasteiger partial charge on any atom is -0.356 e. The molecular formula is C25H29FN2O2. The summed E-state index contributed by atoms with van der Waals surface area (Å²) in [5.74, 6) is 0.0789. The van der Waals surface area contributed by atoms with Gasteiger partial charge in [0.25, 0.3) is 0 Å². The Labute approximate surface area is 177 Å². The summed E-state index contributed by atoms with van der Waals surface area (Å²) < 4.78 is 18.6. The van der Waals surface area contributed by atoms with Gasteiger partial charge < -0.3 is 9.42 Å². The van der Waals surface area contributed by atoms with Crippen molar-refractivity contribution in [1.82, 2.24) is 10.1 Å². The van der Waals surface area contributed by atoms with Gasteiger partial charge in [-0.05, 0) is 69.4 Å². The first-order chi connectivity index (χ1) is 14.6. The highest BCUT2D eigenvalue weighted by Crippen LogP contribution is 2.37. The number of hydrogen-bond donors (Lipinski definition) is 0. The Hall–Kier alpha value is -2.53. The summed E-state index contributed by atoms with van der Waals surface area (Å²) in [5, 5.41) is 5.01. The zero-order valence-corrected chi connectivity index (χ0v) is 17.6. The number of benzene rings is 2. The van der Waals surface area contributed by atoms with Crippen molar-refractivity contribution >= 4 is 16.8 Å². The monoisotopic (exact) mass is 408 g/mol. The maximum Gasteiger partial charge on any atom is 0.170 e. The SMILES string of the molecule is CCCC(=O)C1(c2ccccc2)CCN(CCCc2noc3cc(F)ccc23)CC1. The highest BCUT2D eigenvalue weighted by Gasteiger charge is 2.41. The highest BCUT2D eigenvalue weighted by atomic mass is 19.1. The van der Waals surface area contributed by atoms with E-state index in [9.17, 15) is 9.18 Å². The molecule has 2 heterocycles. The molecule has 0 radical (unpaired) electrons. The van der Waals surface area contributed by atoms with Crippen LogP contribution >= 0.6 is 0 Å². The third-order valence-corrected chi connectivity index (χ3v) is 6.44. The molecular weight excluding hydrogens is 379 g/mol. The number of halogens is 1. The molecule has 158 valence electrons. The third-order valence-electron chi connectivity index (χ3n) is 6.44. The van der Waals surface area contributed by atoms with Crippen LogP contribution in [0.2, 0.25) is 0 Å². The average Bonchev–Trinajstić information content (AvgIpc) is 3.17. The van der Waals surface area contributed by atoms with Gasteiger partial charge in [0.15, 0.2) is 5.58 Å². The summed E-state index contributed by atoms with van der Waals surface area (Å²) in [6.45, 7) is 4.89. The van der Waals surface area contributed by atoms with Gasteiger partial charge in [-0.1, -0.05) is 42.4 Å². The van der Waals surface area contributed by atoms with E-state index in [1.54, 1.807) is 6.07 Å². The maximum absolute atomic E-state index is 13.3. The molecule has 0 amide bonds. The first kappa shape index (κ1) is 20.7. The molecule has 2 aromatic carbocycles. The molecule has 5 heteroatoms. The number of hydrogen-bond acceptors (Lipinski definition) is 4. The van der Waals surface area contributed by atoms with E-state index in [4.69, 9.17) is 4.52 Å². The van der Waals surface area contributed by atoms with Gasteiger partial charge in [0.05, 0.1) is 11.1 Å². The quantitative estimate of drug-likeness (QED) is 0.507. The molecule has 0 aliphatic carbocycles. The van der Waals surface area contributed by atoms with E-state index in [1.807, 2.05) is 18.2 Å². The lowest BCUT2D eigenvalue weighted by Gasteiger charge is -2.41. The van der Waals surface area contributed by atoms with Crippen LogP contribution in [0.25, 0.3) is 11.0 Å². The maximum atomic E-state index is 13.3. The van der Waals surface area contributed by atoms with Gasteiger partial charge in [-0.2, -0.15) is 0 Å². The first-order valence-electron chi connectivity index (χ1n) is 11.0. The normalized spacial score (nSPS) is 16.7. The third kappa shape index (κ3) is 4.17. The fraction of sp³-hybridized carbons (Fsp3) is 0.440. The number of ketones is 1. The Morgan fingerprint density at radius 1 is 1.17 bits per heavy atom. The van der Waals surface area contributed by atoms with Gasteiger partial charge in [0, 0.05) is 17.9 Å². The molecule has 1 aromatic heterocycles. The highest BCUT2D eigenvalue weighted by molar-refractivity contribution is 5.90. The van der Waals surface area contributed by atoms with Crippen LogP contribution in [0.5, 0.6) is 0 Å². The van der Waals surface area contributed by atoms with E-state index in [1.165, 1.54) is 17.7 Å². The summed E-state index contributed by atoms with van der Waals surface area (Å²) in [5.41, 5.74) is 2.23. The molecule has 1 aliphatic heterocycles. The Balaban J connectivity index is 1.36. The van der Waals surface area contributed by atoms with Crippen LogP contribution in [0.3, 0.4) is 0 Å². The molecule has 1 saturated heterocycles. The number of aryl methyl sites for hydroxylation is 1. The fourth-order valence-electron chi connectivity index (χ4n) is 4.72. The van der Waals surface area contributed by atoms with Gasteiger partial charge >= 0.3 is 0 Å². The van der Waals surface area contributed by atoms with Gasteiger partial charge in [-0.3, -0.25) is 4.79 Å². The number of rotatable bonds is 8. The first-order valence-corrected chi connectivity index (χ1v) is 11.0. The standard InChI is InChI=1S/C25H29FN2O2/c1-2-7-24(29)25(19-8-4-3-5-9-19)13-16-28(17-14-25)15-6-10-22-21-12-11-20(26)18-23(21)30-27-22/h3-5,8-9,11-12,18H,2,6-7,10,13-17H2,1H3. The molecule has 4 rings (SSSR count). The van der Waals surface area contributed by atoms with E-state index in [2.05, 4.69) is 29.1 Å². The molecule has 1 aliphatic rings. The molecule has 0 spiro atoms. The van der Waals surface area contributed by atoms with E-state index in [0.717, 1.165) is 62.8 Å². The van der Waals surface area contributed by atoms with E-state index >= 15 is 0 Å². The number of nitrogens with zero attached hydrogens (tertiary/aromatic N) is 2. The van der Waals surface area contributed by atoms with Crippen LogP contribution in [-0.2, 0) is 16.6 Å². The summed E-state index contributed by atoms with van der Waals surface area (Å²) in [6.07, 6.45) is 5.05. The van der Waals surface area contributed by atoms with Crippen LogP contribution in [0.1, 0.15) is 50.3 Å². The van der Waals surface area contributed by atoms with Gasteiger partial charge in [-0.25, -0.2) is 4.39 Å². The van der Waals surface area contributed by atoms with Gasteiger partial charge in [0.1, 0.15) is 11.6 Å². The molecule has 3 aromatic rings. The molecule has 0 bridgehead atoms. The van der Waals surface area contributed by atoms with E-state index in [0.29, 0.717) is 17.8 Å². The Bertz CT molecular complexity index is 991. The second kappa shape index (κ2) is 9.09. The molecule has 0 unspecified atom stereocenters. The smallest absolute Gasteiger partial charge is 0.170 e. The average molecular weight is 409 g/mol. The van der Waals surface area contributed by atoms with Crippen molar-refractivity contribution in [2.45, 2.75) is 50.9 Å². The topological polar surface area (TPSA) is 46.3 Å².